The number of hydrogen-bond donors (Lipinski definition) is 1. The summed E-state index contributed by atoms with van der Waals surface area (Å²) in [7, 11) is -3.03. The zero-order valence-electron chi connectivity index (χ0n) is 29.5. The van der Waals surface area contributed by atoms with E-state index in [4.69, 9.17) is 9.47 Å². The summed E-state index contributed by atoms with van der Waals surface area (Å²) in [4.78, 5) is 36.0. The Morgan fingerprint density at radius 3 is 2.31 bits per heavy atom. The van der Waals surface area contributed by atoms with Crippen LogP contribution in [0.1, 0.15) is 50.3 Å². The molecule has 7 rings (SSSR count). The highest BCUT2D eigenvalue weighted by atomic mass is 32.2. The number of rotatable bonds is 9. The van der Waals surface area contributed by atoms with Gasteiger partial charge in [0, 0.05) is 54.8 Å². The molecule has 3 amide bonds. The third kappa shape index (κ3) is 5.79. The highest BCUT2D eigenvalue weighted by Gasteiger charge is 2.60. The molecule has 1 atom stereocenters. The maximum Gasteiger partial charge on any atom is 0.318 e. The van der Waals surface area contributed by atoms with E-state index in [1.54, 1.807) is 36.1 Å². The van der Waals surface area contributed by atoms with Gasteiger partial charge in [-0.25, -0.2) is 13.2 Å². The minimum Gasteiger partial charge on any atom is -0.497 e. The van der Waals surface area contributed by atoms with E-state index in [-0.39, 0.29) is 39.3 Å². The van der Waals surface area contributed by atoms with Gasteiger partial charge in [-0.1, -0.05) is 18.2 Å². The minimum atomic E-state index is -4.51. The number of fused-ring (bicyclic) bond motifs is 1. The van der Waals surface area contributed by atoms with E-state index < -0.39 is 27.5 Å². The standard InChI is InChI=1S/C38H44N6O6S/c1-5-50-34-9-7-6-8-31(34)38(40-36(46)43-24-37(25-43)22-42(23-37)28-16-18-41(19-17-28)26(2)3)32-20-27(21-39)10-15-33(32)44(35(38)45)51(47,48)30-13-11-29(49-4)12-14-30/h6-15,20,26,28H,5,16-19,22-25H2,1-4H3,(H,40,46)/t38-/m0/s1. The zero-order valence-corrected chi connectivity index (χ0v) is 30.3. The van der Waals surface area contributed by atoms with E-state index in [0.29, 0.717) is 36.7 Å². The van der Waals surface area contributed by atoms with Gasteiger partial charge in [0.25, 0.3) is 15.9 Å². The summed E-state index contributed by atoms with van der Waals surface area (Å²) in [6.07, 6.45) is 2.28. The molecule has 0 bridgehead atoms. The molecular weight excluding hydrogens is 669 g/mol. The van der Waals surface area contributed by atoms with Crippen molar-refractivity contribution in [3.63, 3.8) is 0 Å². The SMILES string of the molecule is CCOc1ccccc1[C@@]1(NC(=O)N2CC3(C2)CN(C2CCN(C(C)C)CC2)C3)C(=O)N(S(=O)(=O)c2ccc(OC)cc2)c2ccc(C#N)cc21. The number of carbonyl (C=O) groups is 2. The first-order valence-corrected chi connectivity index (χ1v) is 19.0. The Morgan fingerprint density at radius 2 is 1.69 bits per heavy atom. The lowest BCUT2D eigenvalue weighted by Gasteiger charge is -2.62. The highest BCUT2D eigenvalue weighted by Crippen LogP contribution is 2.50. The van der Waals surface area contributed by atoms with Gasteiger partial charge in [0.1, 0.15) is 11.5 Å². The van der Waals surface area contributed by atoms with Gasteiger partial charge in [0.2, 0.25) is 0 Å². The lowest BCUT2D eigenvalue weighted by molar-refractivity contribution is -0.124. The number of likely N-dealkylation sites (tertiary alicyclic amines) is 3. The van der Waals surface area contributed by atoms with Crippen LogP contribution < -0.4 is 19.1 Å². The van der Waals surface area contributed by atoms with Crippen molar-refractivity contribution in [3.05, 3.63) is 83.4 Å². The van der Waals surface area contributed by atoms with Crippen LogP contribution in [-0.2, 0) is 20.4 Å². The van der Waals surface area contributed by atoms with Crippen molar-refractivity contribution >= 4 is 27.6 Å². The maximum atomic E-state index is 15.1. The molecule has 4 aliphatic heterocycles. The van der Waals surface area contributed by atoms with Crippen LogP contribution in [-0.4, -0.2) is 100 Å². The number of amides is 3. The molecule has 0 aromatic heterocycles. The average molecular weight is 713 g/mol. The molecule has 3 aromatic rings. The van der Waals surface area contributed by atoms with Crippen molar-refractivity contribution in [3.8, 4) is 17.6 Å². The predicted molar refractivity (Wildman–Crippen MR) is 191 cm³/mol. The zero-order chi connectivity index (χ0) is 36.1. The molecule has 1 N–H and O–H groups in total. The molecule has 4 heterocycles. The minimum absolute atomic E-state index is 0.00176. The van der Waals surface area contributed by atoms with E-state index in [1.165, 1.54) is 49.6 Å². The normalized spacial score (nSPS) is 21.9. The van der Waals surface area contributed by atoms with Crippen LogP contribution >= 0.6 is 0 Å². The van der Waals surface area contributed by atoms with Gasteiger partial charge in [-0.2, -0.15) is 9.57 Å². The molecular formula is C38H44N6O6S. The van der Waals surface area contributed by atoms with Crippen LogP contribution in [0, 0.1) is 16.7 Å². The quantitative estimate of drug-likeness (QED) is 0.347. The van der Waals surface area contributed by atoms with Gasteiger partial charge in [-0.3, -0.25) is 9.69 Å². The number of nitrogens with zero attached hydrogens (tertiary/aromatic N) is 5. The summed E-state index contributed by atoms with van der Waals surface area (Å²) in [5, 5.41) is 12.9. The number of piperidine rings is 1. The average Bonchev–Trinajstić information content (AvgIpc) is 3.35. The second kappa shape index (κ2) is 13.2. The lowest BCUT2D eigenvalue weighted by Crippen LogP contribution is -2.76. The largest absolute Gasteiger partial charge is 0.497 e. The van der Waals surface area contributed by atoms with Crippen molar-refractivity contribution < 1.29 is 27.5 Å². The Kier molecular flexibility index (Phi) is 8.98. The molecule has 0 radical (unpaired) electrons. The molecule has 1 spiro atoms. The smallest absolute Gasteiger partial charge is 0.318 e. The van der Waals surface area contributed by atoms with Crippen molar-refractivity contribution in [2.75, 3.05) is 57.3 Å². The summed E-state index contributed by atoms with van der Waals surface area (Å²) in [5.41, 5.74) is -1.34. The Morgan fingerprint density at radius 1 is 1.00 bits per heavy atom. The number of hydrogen-bond acceptors (Lipinski definition) is 9. The van der Waals surface area contributed by atoms with E-state index in [0.717, 1.165) is 43.3 Å². The van der Waals surface area contributed by atoms with Gasteiger partial charge >= 0.3 is 6.03 Å². The molecule has 0 unspecified atom stereocenters. The summed E-state index contributed by atoms with van der Waals surface area (Å²) in [6, 6.07) is 19.6. The number of methoxy groups -OCH3 is 1. The summed E-state index contributed by atoms with van der Waals surface area (Å²) >= 11 is 0. The Labute approximate surface area is 299 Å². The first-order chi connectivity index (χ1) is 24.5. The lowest BCUT2D eigenvalue weighted by atomic mass is 9.71. The third-order valence-corrected chi connectivity index (χ3v) is 12.6. The van der Waals surface area contributed by atoms with E-state index >= 15 is 4.79 Å². The fraction of sp³-hybridized carbons (Fsp3) is 0.447. The molecule has 3 aromatic carbocycles. The fourth-order valence-corrected chi connectivity index (χ4v) is 9.71. The molecule has 12 nitrogen and oxygen atoms in total. The van der Waals surface area contributed by atoms with Crippen LogP contribution in [0.2, 0.25) is 0 Å². The Balaban J connectivity index is 1.21. The Bertz CT molecular complexity index is 1970. The molecule has 3 saturated heterocycles. The molecule has 268 valence electrons. The Hall–Kier alpha value is -4.64. The summed E-state index contributed by atoms with van der Waals surface area (Å²) in [6.45, 7) is 11.6. The van der Waals surface area contributed by atoms with Gasteiger partial charge < -0.3 is 24.6 Å². The summed E-state index contributed by atoms with van der Waals surface area (Å²) < 4.78 is 40.7. The number of nitrogens with one attached hydrogen (secondary N) is 1. The molecule has 3 fully saturated rings. The summed E-state index contributed by atoms with van der Waals surface area (Å²) in [5.74, 6) is -0.142. The molecule has 13 heteroatoms. The van der Waals surface area contributed by atoms with Crippen LogP contribution in [0.3, 0.4) is 0 Å². The number of benzene rings is 3. The number of para-hydroxylation sites is 1. The maximum absolute atomic E-state index is 15.1. The van der Waals surface area contributed by atoms with Gasteiger partial charge in [-0.15, -0.1) is 0 Å². The molecule has 0 aliphatic carbocycles. The fourth-order valence-electron chi connectivity index (χ4n) is 8.25. The second-order valence-electron chi connectivity index (χ2n) is 14.3. The number of urea groups is 1. The van der Waals surface area contributed by atoms with Crippen molar-refractivity contribution in [2.45, 2.75) is 56.1 Å². The number of carbonyl (C=O) groups excluding carboxylic acids is 2. The van der Waals surface area contributed by atoms with Gasteiger partial charge in [-0.05, 0) is 95.2 Å². The number of ether oxygens (including phenoxy) is 2. The van der Waals surface area contributed by atoms with Crippen LogP contribution in [0.5, 0.6) is 11.5 Å². The molecule has 51 heavy (non-hydrogen) atoms. The number of anilines is 1. The van der Waals surface area contributed by atoms with Crippen molar-refractivity contribution in [1.82, 2.24) is 20.0 Å². The van der Waals surface area contributed by atoms with Crippen LogP contribution in [0.25, 0.3) is 0 Å². The third-order valence-electron chi connectivity index (χ3n) is 10.9. The van der Waals surface area contributed by atoms with Crippen LogP contribution in [0.4, 0.5) is 10.5 Å². The molecule has 4 aliphatic rings. The van der Waals surface area contributed by atoms with Gasteiger partial charge in [0.15, 0.2) is 5.54 Å². The highest BCUT2D eigenvalue weighted by molar-refractivity contribution is 7.93. The number of sulfonamides is 1. The van der Waals surface area contributed by atoms with Gasteiger partial charge in [0.05, 0.1) is 35.9 Å². The van der Waals surface area contributed by atoms with E-state index in [9.17, 15) is 18.5 Å². The molecule has 0 saturated carbocycles. The number of nitriles is 1. The van der Waals surface area contributed by atoms with Crippen LogP contribution in [0.15, 0.2) is 71.6 Å². The van der Waals surface area contributed by atoms with Crippen molar-refractivity contribution in [1.29, 1.82) is 5.26 Å². The topological polar surface area (TPSA) is 136 Å². The predicted octanol–water partition coefficient (Wildman–Crippen LogP) is 4.14. The first kappa shape index (κ1) is 34.8. The van der Waals surface area contributed by atoms with E-state index in [2.05, 4.69) is 35.0 Å². The second-order valence-corrected chi connectivity index (χ2v) is 16.1. The monoisotopic (exact) mass is 712 g/mol. The van der Waals surface area contributed by atoms with E-state index in [1.807, 2.05) is 0 Å². The van der Waals surface area contributed by atoms with Crippen molar-refractivity contribution in [2.24, 2.45) is 5.41 Å². The first-order valence-electron chi connectivity index (χ1n) is 17.5.